The van der Waals surface area contributed by atoms with E-state index in [0.717, 1.165) is 0 Å². The van der Waals surface area contributed by atoms with Crippen molar-refractivity contribution < 1.29 is 28.9 Å². The van der Waals surface area contributed by atoms with E-state index >= 15 is 0 Å². The summed E-state index contributed by atoms with van der Waals surface area (Å²) in [4.78, 5) is 10.3. The van der Waals surface area contributed by atoms with Crippen LogP contribution in [0.5, 0.6) is 5.75 Å². The lowest BCUT2D eigenvalue weighted by Crippen LogP contribution is -2.12. The molecule has 0 saturated carbocycles. The van der Waals surface area contributed by atoms with Crippen LogP contribution in [0.4, 0.5) is 8.78 Å². The summed E-state index contributed by atoms with van der Waals surface area (Å²) in [5.41, 5.74) is -0.848. The molecule has 4 nitrogen and oxygen atoms in total. The Hall–Kier alpha value is -1.69. The standard InChI is InChI=1S/C8H6F2O4/c9-3-1-4(10)6(5(11)2-3)7(12)8(13)14/h1-2,7,11-12H,(H,13,14). The number of aliphatic hydroxyl groups is 1. The van der Waals surface area contributed by atoms with Crippen LogP contribution in [0.3, 0.4) is 0 Å². The molecule has 0 heterocycles. The van der Waals surface area contributed by atoms with Gasteiger partial charge in [-0.3, -0.25) is 0 Å². The van der Waals surface area contributed by atoms with Crippen LogP contribution in [0.1, 0.15) is 11.7 Å². The van der Waals surface area contributed by atoms with Gasteiger partial charge in [-0.25, -0.2) is 13.6 Å². The lowest BCUT2D eigenvalue weighted by atomic mass is 10.1. The summed E-state index contributed by atoms with van der Waals surface area (Å²) >= 11 is 0. The molecule has 0 fully saturated rings. The highest BCUT2D eigenvalue weighted by Gasteiger charge is 2.24. The minimum absolute atomic E-state index is 0.376. The smallest absolute Gasteiger partial charge is 0.337 e. The number of aromatic hydroxyl groups is 1. The van der Waals surface area contributed by atoms with Crippen LogP contribution < -0.4 is 0 Å². The van der Waals surface area contributed by atoms with Gasteiger partial charge in [0.1, 0.15) is 17.4 Å². The molecule has 14 heavy (non-hydrogen) atoms. The molecule has 0 aliphatic rings. The third-order valence-electron chi connectivity index (χ3n) is 1.58. The topological polar surface area (TPSA) is 77.8 Å². The maximum atomic E-state index is 12.9. The molecule has 3 N–H and O–H groups in total. The first-order valence-electron chi connectivity index (χ1n) is 3.52. The lowest BCUT2D eigenvalue weighted by molar-refractivity contribution is -0.147. The average Bonchev–Trinajstić information content (AvgIpc) is 2.01. The number of phenols is 1. The second-order valence-electron chi connectivity index (χ2n) is 2.56. The third kappa shape index (κ3) is 1.80. The molecule has 0 saturated heterocycles. The zero-order valence-electron chi connectivity index (χ0n) is 6.74. The van der Waals surface area contributed by atoms with Crippen molar-refractivity contribution in [3.63, 3.8) is 0 Å². The molecule has 1 atom stereocenters. The number of carboxylic acid groups (broad SMARTS) is 1. The van der Waals surface area contributed by atoms with E-state index in [1.165, 1.54) is 0 Å². The summed E-state index contributed by atoms with van der Waals surface area (Å²) in [6.45, 7) is 0. The highest BCUT2D eigenvalue weighted by molar-refractivity contribution is 5.75. The Balaban J connectivity index is 3.27. The molecule has 1 aromatic rings. The summed E-state index contributed by atoms with van der Waals surface area (Å²) in [5.74, 6) is -5.03. The summed E-state index contributed by atoms with van der Waals surface area (Å²) in [7, 11) is 0. The van der Waals surface area contributed by atoms with Crippen molar-refractivity contribution in [2.75, 3.05) is 0 Å². The molecule has 0 bridgehead atoms. The highest BCUT2D eigenvalue weighted by atomic mass is 19.1. The zero-order chi connectivity index (χ0) is 10.9. The zero-order valence-corrected chi connectivity index (χ0v) is 6.74. The van der Waals surface area contributed by atoms with Crippen molar-refractivity contribution in [1.82, 2.24) is 0 Å². The van der Waals surface area contributed by atoms with Gasteiger partial charge < -0.3 is 15.3 Å². The van der Waals surface area contributed by atoms with Crippen molar-refractivity contribution in [3.8, 4) is 5.75 Å². The Morgan fingerprint density at radius 1 is 1.36 bits per heavy atom. The fraction of sp³-hybridized carbons (Fsp3) is 0.125. The summed E-state index contributed by atoms with van der Waals surface area (Å²) in [6, 6.07) is 0.895. The predicted octanol–water partition coefficient (Wildman–Crippen LogP) is 0.788. The Bertz CT molecular complexity index is 355. The van der Waals surface area contributed by atoms with E-state index in [1.807, 2.05) is 0 Å². The number of benzene rings is 1. The minimum Gasteiger partial charge on any atom is -0.507 e. The molecular formula is C8H6F2O4. The van der Waals surface area contributed by atoms with E-state index < -0.39 is 35.0 Å². The van der Waals surface area contributed by atoms with Crippen molar-refractivity contribution in [2.45, 2.75) is 6.10 Å². The molecule has 0 aliphatic heterocycles. The van der Waals surface area contributed by atoms with Crippen molar-refractivity contribution in [1.29, 1.82) is 0 Å². The molecule has 76 valence electrons. The summed E-state index contributed by atoms with van der Waals surface area (Å²) in [6.07, 6.45) is -2.21. The second kappa shape index (κ2) is 3.59. The molecule has 0 aliphatic carbocycles. The molecular weight excluding hydrogens is 198 g/mol. The molecule has 0 spiro atoms. The number of rotatable bonds is 2. The first-order chi connectivity index (χ1) is 6.43. The van der Waals surface area contributed by atoms with Crippen molar-refractivity contribution >= 4 is 5.97 Å². The van der Waals surface area contributed by atoms with Gasteiger partial charge >= 0.3 is 5.97 Å². The predicted molar refractivity (Wildman–Crippen MR) is 40.6 cm³/mol. The molecule has 0 aromatic heterocycles. The number of hydrogen-bond donors (Lipinski definition) is 3. The van der Waals surface area contributed by atoms with Crippen LogP contribution in [-0.2, 0) is 4.79 Å². The van der Waals surface area contributed by atoms with Gasteiger partial charge in [-0.1, -0.05) is 0 Å². The monoisotopic (exact) mass is 204 g/mol. The van der Waals surface area contributed by atoms with E-state index in [2.05, 4.69) is 0 Å². The number of phenolic OH excluding ortho intramolecular Hbond substituents is 1. The molecule has 0 radical (unpaired) electrons. The maximum Gasteiger partial charge on any atom is 0.337 e. The Morgan fingerprint density at radius 3 is 2.36 bits per heavy atom. The number of aliphatic carboxylic acids is 1. The van der Waals surface area contributed by atoms with Gasteiger partial charge in [-0.15, -0.1) is 0 Å². The van der Waals surface area contributed by atoms with E-state index in [-0.39, 0.29) is 0 Å². The number of carboxylic acids is 1. The van der Waals surface area contributed by atoms with Crippen LogP contribution in [0.25, 0.3) is 0 Å². The molecule has 1 rings (SSSR count). The second-order valence-corrected chi connectivity index (χ2v) is 2.56. The minimum atomic E-state index is -2.21. The lowest BCUT2D eigenvalue weighted by Gasteiger charge is -2.09. The van der Waals surface area contributed by atoms with Gasteiger partial charge in [0.15, 0.2) is 6.10 Å². The molecule has 1 aromatic carbocycles. The average molecular weight is 204 g/mol. The van der Waals surface area contributed by atoms with Crippen LogP contribution in [0, 0.1) is 11.6 Å². The summed E-state index contributed by atoms with van der Waals surface area (Å²) in [5, 5.41) is 26.2. The first kappa shape index (κ1) is 10.4. The van der Waals surface area contributed by atoms with Gasteiger partial charge in [0, 0.05) is 12.1 Å². The van der Waals surface area contributed by atoms with E-state index in [4.69, 9.17) is 15.3 Å². The number of carbonyl (C=O) groups is 1. The fourth-order valence-electron chi connectivity index (χ4n) is 0.965. The van der Waals surface area contributed by atoms with Gasteiger partial charge in [0.05, 0.1) is 5.56 Å². The number of halogens is 2. The van der Waals surface area contributed by atoms with Gasteiger partial charge in [0.25, 0.3) is 0 Å². The third-order valence-corrected chi connectivity index (χ3v) is 1.58. The van der Waals surface area contributed by atoms with E-state index in [9.17, 15) is 13.6 Å². The van der Waals surface area contributed by atoms with Crippen LogP contribution >= 0.6 is 0 Å². The normalized spacial score (nSPS) is 12.5. The molecule has 6 heteroatoms. The Morgan fingerprint density at radius 2 is 1.93 bits per heavy atom. The Kier molecular flexibility index (Phi) is 2.66. The van der Waals surface area contributed by atoms with Crippen molar-refractivity contribution in [3.05, 3.63) is 29.3 Å². The molecule has 0 amide bonds. The van der Waals surface area contributed by atoms with Crippen LogP contribution in [-0.4, -0.2) is 21.3 Å². The van der Waals surface area contributed by atoms with Gasteiger partial charge in [-0.05, 0) is 0 Å². The quantitative estimate of drug-likeness (QED) is 0.665. The fourth-order valence-corrected chi connectivity index (χ4v) is 0.965. The van der Waals surface area contributed by atoms with E-state index in [0.29, 0.717) is 12.1 Å². The van der Waals surface area contributed by atoms with Gasteiger partial charge in [0.2, 0.25) is 0 Å². The van der Waals surface area contributed by atoms with E-state index in [1.54, 1.807) is 0 Å². The van der Waals surface area contributed by atoms with Crippen molar-refractivity contribution in [2.24, 2.45) is 0 Å². The SMILES string of the molecule is O=C(O)C(O)c1c(O)cc(F)cc1F. The highest BCUT2D eigenvalue weighted by Crippen LogP contribution is 2.28. The maximum absolute atomic E-state index is 12.9. The largest absolute Gasteiger partial charge is 0.507 e. The Labute approximate surface area is 77.0 Å². The van der Waals surface area contributed by atoms with Crippen LogP contribution in [0.15, 0.2) is 12.1 Å². The number of hydrogen-bond acceptors (Lipinski definition) is 3. The summed E-state index contributed by atoms with van der Waals surface area (Å²) < 4.78 is 25.3. The first-order valence-corrected chi connectivity index (χ1v) is 3.52. The number of aliphatic hydroxyl groups excluding tert-OH is 1. The van der Waals surface area contributed by atoms with Crippen LogP contribution in [0.2, 0.25) is 0 Å². The molecule has 1 unspecified atom stereocenters. The van der Waals surface area contributed by atoms with Gasteiger partial charge in [-0.2, -0.15) is 0 Å².